The van der Waals surface area contributed by atoms with Crippen molar-refractivity contribution >= 4 is 17.5 Å². The summed E-state index contributed by atoms with van der Waals surface area (Å²) in [7, 11) is 0. The second-order valence-corrected chi connectivity index (χ2v) is 12.3. The maximum absolute atomic E-state index is 14.2. The second-order valence-electron chi connectivity index (χ2n) is 11.9. The Kier molecular flexibility index (Phi) is 4.55. The molecule has 35 heavy (non-hydrogen) atoms. The van der Waals surface area contributed by atoms with Crippen LogP contribution in [0.25, 0.3) is 0 Å². The largest absolute Gasteiger partial charge is 0.508 e. The average molecular weight is 497 g/mol. The standard InChI is InChI=1S/C28H30ClFN2O3/c29-20-5-3-18(23(30)7-20)12-31-24(34)19-10-27-14-26(9-17-4-6-21(33)8-22(17)27)15-32(13-16-1-2-16)25(26)28(27,35)11-19/h3-8,16,19,25,33,35H,1-2,9-15H2,(H,31,34)/t19-,25-,26?,27?,28-/m1/s1. The number of aliphatic hydroxyl groups is 1. The molecular weight excluding hydrogens is 467 g/mol. The first-order chi connectivity index (χ1) is 16.7. The van der Waals surface area contributed by atoms with Gasteiger partial charge in [0.25, 0.3) is 0 Å². The molecule has 1 amide bonds. The van der Waals surface area contributed by atoms with Crippen molar-refractivity contribution in [3.8, 4) is 5.75 Å². The number of benzene rings is 2. The molecule has 1 saturated heterocycles. The highest BCUT2D eigenvalue weighted by atomic mass is 35.5. The molecule has 4 aliphatic carbocycles. The number of carbonyl (C=O) groups excluding carboxylic acids is 1. The molecule has 5 atom stereocenters. The number of nitrogens with one attached hydrogen (secondary N) is 1. The summed E-state index contributed by atoms with van der Waals surface area (Å²) in [6, 6.07) is 10.1. The van der Waals surface area contributed by atoms with E-state index in [1.807, 2.05) is 12.1 Å². The lowest BCUT2D eigenvalue weighted by atomic mass is 9.61. The zero-order valence-electron chi connectivity index (χ0n) is 19.6. The van der Waals surface area contributed by atoms with Crippen molar-refractivity contribution in [2.24, 2.45) is 17.3 Å². The zero-order valence-corrected chi connectivity index (χ0v) is 20.3. The molecule has 3 saturated carbocycles. The van der Waals surface area contributed by atoms with E-state index in [4.69, 9.17) is 11.6 Å². The van der Waals surface area contributed by atoms with E-state index in [0.29, 0.717) is 23.4 Å². The van der Waals surface area contributed by atoms with Gasteiger partial charge in [-0.25, -0.2) is 4.39 Å². The van der Waals surface area contributed by atoms with E-state index in [9.17, 15) is 19.4 Å². The van der Waals surface area contributed by atoms with Gasteiger partial charge < -0.3 is 15.5 Å². The first-order valence-corrected chi connectivity index (χ1v) is 13.1. The smallest absolute Gasteiger partial charge is 0.223 e. The number of rotatable bonds is 5. The van der Waals surface area contributed by atoms with Gasteiger partial charge >= 0.3 is 0 Å². The van der Waals surface area contributed by atoms with Gasteiger partial charge in [-0.15, -0.1) is 0 Å². The van der Waals surface area contributed by atoms with Gasteiger partial charge in [-0.05, 0) is 79.8 Å². The number of phenols is 1. The normalized spacial score (nSPS) is 36.8. The van der Waals surface area contributed by atoms with Crippen molar-refractivity contribution in [3.05, 3.63) is 63.9 Å². The SMILES string of the molecule is O=C(NCc1ccc(Cl)cc1F)[C@@H]1CC23CC4(Cc5ccc(O)cc52)CN(CC2CC2)[C@H]4[C@]3(O)C1. The van der Waals surface area contributed by atoms with Crippen LogP contribution < -0.4 is 5.32 Å². The van der Waals surface area contributed by atoms with Gasteiger partial charge in [-0.2, -0.15) is 0 Å². The summed E-state index contributed by atoms with van der Waals surface area (Å²) in [6.07, 6.45) is 5.25. The number of fused-ring (bicyclic) bond motifs is 2. The molecule has 1 aliphatic heterocycles. The fourth-order valence-corrected chi connectivity index (χ4v) is 8.59. The predicted molar refractivity (Wildman–Crippen MR) is 130 cm³/mol. The summed E-state index contributed by atoms with van der Waals surface area (Å²) < 4.78 is 14.2. The van der Waals surface area contributed by atoms with Crippen LogP contribution in [0.3, 0.4) is 0 Å². The Morgan fingerprint density at radius 1 is 1.20 bits per heavy atom. The molecule has 2 aromatic rings. The molecular formula is C28H30ClFN2O3. The van der Waals surface area contributed by atoms with E-state index < -0.39 is 16.8 Å². The second kappa shape index (κ2) is 7.21. The van der Waals surface area contributed by atoms with Crippen molar-refractivity contribution in [2.45, 2.75) is 62.1 Å². The summed E-state index contributed by atoms with van der Waals surface area (Å²) in [5, 5.41) is 26.1. The lowest BCUT2D eigenvalue weighted by Gasteiger charge is -2.58. The van der Waals surface area contributed by atoms with Crippen molar-refractivity contribution in [1.29, 1.82) is 0 Å². The minimum Gasteiger partial charge on any atom is -0.508 e. The average Bonchev–Trinajstić information content (AvgIpc) is 3.54. The lowest BCUT2D eigenvalue weighted by molar-refractivity contribution is -0.146. The molecule has 184 valence electrons. The topological polar surface area (TPSA) is 72.8 Å². The summed E-state index contributed by atoms with van der Waals surface area (Å²) in [6.45, 7) is 2.12. The van der Waals surface area contributed by atoms with Crippen molar-refractivity contribution in [1.82, 2.24) is 10.2 Å². The summed E-state index contributed by atoms with van der Waals surface area (Å²) in [5.41, 5.74) is 1.08. The lowest BCUT2D eigenvalue weighted by Crippen LogP contribution is -2.70. The van der Waals surface area contributed by atoms with Gasteiger partial charge in [0.05, 0.1) is 5.60 Å². The number of carbonyl (C=O) groups is 1. The molecule has 0 aromatic heterocycles. The molecule has 2 unspecified atom stereocenters. The molecule has 7 heteroatoms. The number of hydrogen-bond acceptors (Lipinski definition) is 4. The Hall–Kier alpha value is -2.15. The van der Waals surface area contributed by atoms with E-state index in [0.717, 1.165) is 37.4 Å². The van der Waals surface area contributed by atoms with E-state index in [2.05, 4.69) is 10.2 Å². The van der Waals surface area contributed by atoms with Crippen molar-refractivity contribution < 1.29 is 19.4 Å². The summed E-state index contributed by atoms with van der Waals surface area (Å²) in [4.78, 5) is 15.8. The van der Waals surface area contributed by atoms with Crippen molar-refractivity contribution in [2.75, 3.05) is 13.1 Å². The Balaban J connectivity index is 1.20. The highest BCUT2D eigenvalue weighted by Gasteiger charge is 2.80. The third-order valence-electron chi connectivity index (χ3n) is 9.73. The van der Waals surface area contributed by atoms with Gasteiger partial charge in [0.1, 0.15) is 11.6 Å². The number of hydrogen-bond donors (Lipinski definition) is 3. The van der Waals surface area contributed by atoms with Gasteiger partial charge in [-0.1, -0.05) is 23.7 Å². The Morgan fingerprint density at radius 2 is 2.03 bits per heavy atom. The van der Waals surface area contributed by atoms with Crippen LogP contribution in [0.5, 0.6) is 5.75 Å². The molecule has 5 aliphatic rings. The van der Waals surface area contributed by atoms with E-state index in [1.165, 1.54) is 24.5 Å². The molecule has 5 nitrogen and oxygen atoms in total. The van der Waals surface area contributed by atoms with Crippen LogP contribution in [0.4, 0.5) is 4.39 Å². The molecule has 3 N–H and O–H groups in total. The third-order valence-corrected chi connectivity index (χ3v) is 9.97. The molecule has 7 rings (SSSR count). The van der Waals surface area contributed by atoms with Crippen LogP contribution >= 0.6 is 11.6 Å². The van der Waals surface area contributed by atoms with Crippen molar-refractivity contribution in [3.63, 3.8) is 0 Å². The number of nitrogens with zero attached hydrogens (tertiary/aromatic N) is 1. The highest BCUT2D eigenvalue weighted by Crippen LogP contribution is 2.73. The highest BCUT2D eigenvalue weighted by molar-refractivity contribution is 6.30. The summed E-state index contributed by atoms with van der Waals surface area (Å²) in [5.74, 6) is -0.0253. The van der Waals surface area contributed by atoms with Gasteiger partial charge in [-0.3, -0.25) is 9.69 Å². The van der Waals surface area contributed by atoms with E-state index >= 15 is 0 Å². The summed E-state index contributed by atoms with van der Waals surface area (Å²) >= 11 is 5.85. The van der Waals surface area contributed by atoms with E-state index in [1.54, 1.807) is 18.2 Å². The van der Waals surface area contributed by atoms with Gasteiger partial charge in [0.2, 0.25) is 5.91 Å². The Labute approximate surface area is 209 Å². The molecule has 4 fully saturated rings. The Bertz CT molecular complexity index is 1250. The Morgan fingerprint density at radius 3 is 2.80 bits per heavy atom. The maximum Gasteiger partial charge on any atom is 0.223 e. The van der Waals surface area contributed by atoms with Crippen LogP contribution in [0.15, 0.2) is 36.4 Å². The first kappa shape index (κ1) is 22.1. The van der Waals surface area contributed by atoms with Crippen LogP contribution in [-0.2, 0) is 23.2 Å². The minimum atomic E-state index is -1.02. The molecule has 2 bridgehead atoms. The number of halogens is 2. The molecule has 2 aromatic carbocycles. The van der Waals surface area contributed by atoms with Crippen LogP contribution in [-0.4, -0.2) is 45.8 Å². The van der Waals surface area contributed by atoms with E-state index in [-0.39, 0.29) is 35.6 Å². The fraction of sp³-hybridized carbons (Fsp3) is 0.536. The van der Waals surface area contributed by atoms with Crippen LogP contribution in [0.2, 0.25) is 5.02 Å². The number of likely N-dealkylation sites (tertiary alicyclic amines) is 1. The zero-order chi connectivity index (χ0) is 24.2. The van der Waals surface area contributed by atoms with Gasteiger partial charge in [0.15, 0.2) is 0 Å². The minimum absolute atomic E-state index is 0.0386. The monoisotopic (exact) mass is 496 g/mol. The fourth-order valence-electron chi connectivity index (χ4n) is 8.43. The number of phenolic OH excluding ortho intramolecular Hbond substituents is 1. The number of amides is 1. The third kappa shape index (κ3) is 3.03. The van der Waals surface area contributed by atoms with Crippen LogP contribution in [0, 0.1) is 23.1 Å². The first-order valence-electron chi connectivity index (χ1n) is 12.7. The quantitative estimate of drug-likeness (QED) is 0.586. The van der Waals surface area contributed by atoms with Gasteiger partial charge in [0, 0.05) is 53.0 Å². The number of aromatic hydroxyl groups is 1. The van der Waals surface area contributed by atoms with Crippen LogP contribution in [0.1, 0.15) is 48.8 Å². The molecule has 0 radical (unpaired) electrons. The maximum atomic E-state index is 14.2. The molecule has 1 heterocycles. The molecule has 2 spiro atoms. The predicted octanol–water partition coefficient (Wildman–Crippen LogP) is 3.92.